The van der Waals surface area contributed by atoms with E-state index in [2.05, 4.69) is 15.3 Å². The number of nitrogens with one attached hydrogen (secondary N) is 1. The molecule has 5 rings (SSSR count). The Labute approximate surface area is 257 Å². The number of pyridine rings is 2. The standard InChI is InChI=1S/C36H35N3O5/c1-25(40)34(39-35(41)26-12-21-33(38-23-26)32-11-7-8-22-37-32)24-44-36(27-9-5-4-6-10-27,28-13-17-30(42-2)18-14-28)29-15-19-31(43-3)20-16-29/h4-23,25,34,40H,24H2,1-3H3,(H,39,41)/t25-,34-/m0/s1. The molecule has 2 heterocycles. The van der Waals surface area contributed by atoms with E-state index in [0.717, 1.165) is 16.7 Å². The van der Waals surface area contributed by atoms with E-state index in [0.29, 0.717) is 28.5 Å². The summed E-state index contributed by atoms with van der Waals surface area (Å²) in [6.45, 7) is 1.62. The molecule has 3 aromatic carbocycles. The minimum absolute atomic E-state index is 0.00416. The monoisotopic (exact) mass is 589 g/mol. The van der Waals surface area contributed by atoms with Crippen LogP contribution in [0.15, 0.2) is 122 Å². The first-order valence-corrected chi connectivity index (χ1v) is 14.3. The Morgan fingerprint density at radius 3 is 1.82 bits per heavy atom. The van der Waals surface area contributed by atoms with E-state index >= 15 is 0 Å². The van der Waals surface area contributed by atoms with Crippen molar-refractivity contribution in [3.63, 3.8) is 0 Å². The van der Waals surface area contributed by atoms with Crippen LogP contribution < -0.4 is 14.8 Å². The highest BCUT2D eigenvalue weighted by atomic mass is 16.5. The summed E-state index contributed by atoms with van der Waals surface area (Å²) in [6.07, 6.45) is 2.28. The van der Waals surface area contributed by atoms with Crippen LogP contribution in [0.25, 0.3) is 11.4 Å². The van der Waals surface area contributed by atoms with E-state index in [-0.39, 0.29) is 12.5 Å². The molecule has 0 radical (unpaired) electrons. The zero-order valence-corrected chi connectivity index (χ0v) is 24.9. The maximum absolute atomic E-state index is 13.3. The first kappa shape index (κ1) is 30.4. The van der Waals surface area contributed by atoms with Gasteiger partial charge in [0.25, 0.3) is 5.91 Å². The first-order chi connectivity index (χ1) is 21.4. The van der Waals surface area contributed by atoms with Crippen LogP contribution >= 0.6 is 0 Å². The van der Waals surface area contributed by atoms with Gasteiger partial charge in [0.15, 0.2) is 0 Å². The van der Waals surface area contributed by atoms with Crippen LogP contribution in [0.2, 0.25) is 0 Å². The number of hydrogen-bond acceptors (Lipinski definition) is 7. The zero-order chi connectivity index (χ0) is 30.9. The molecule has 2 N–H and O–H groups in total. The van der Waals surface area contributed by atoms with Gasteiger partial charge in [-0.05, 0) is 72.1 Å². The Balaban J connectivity index is 1.47. The van der Waals surface area contributed by atoms with Crippen molar-refractivity contribution in [3.8, 4) is 22.9 Å². The summed E-state index contributed by atoms with van der Waals surface area (Å²) in [5.74, 6) is 1.04. The average Bonchev–Trinajstić information content (AvgIpc) is 3.09. The quantitative estimate of drug-likeness (QED) is 0.181. The first-order valence-electron chi connectivity index (χ1n) is 14.3. The minimum Gasteiger partial charge on any atom is -0.497 e. The summed E-state index contributed by atoms with van der Waals surface area (Å²) in [6, 6.07) is 33.5. The molecule has 2 aromatic heterocycles. The second kappa shape index (κ2) is 13.9. The lowest BCUT2D eigenvalue weighted by Gasteiger charge is -2.37. The number of rotatable bonds is 12. The van der Waals surface area contributed by atoms with Crippen molar-refractivity contribution < 1.29 is 24.1 Å². The number of carbonyl (C=O) groups excluding carboxylic acids is 1. The second-order valence-electron chi connectivity index (χ2n) is 10.3. The van der Waals surface area contributed by atoms with E-state index in [4.69, 9.17) is 14.2 Å². The van der Waals surface area contributed by atoms with Gasteiger partial charge in [0.05, 0.1) is 49.9 Å². The van der Waals surface area contributed by atoms with Crippen molar-refractivity contribution in [2.75, 3.05) is 20.8 Å². The molecule has 1 amide bonds. The lowest BCUT2D eigenvalue weighted by atomic mass is 9.80. The molecule has 0 aliphatic heterocycles. The second-order valence-corrected chi connectivity index (χ2v) is 10.3. The molecule has 0 fully saturated rings. The molecule has 8 heteroatoms. The Morgan fingerprint density at radius 1 is 0.750 bits per heavy atom. The molecular formula is C36H35N3O5. The lowest BCUT2D eigenvalue weighted by Crippen LogP contribution is -2.47. The molecular weight excluding hydrogens is 554 g/mol. The molecule has 0 saturated heterocycles. The molecule has 0 aliphatic carbocycles. The third-order valence-corrected chi connectivity index (χ3v) is 7.50. The molecule has 0 unspecified atom stereocenters. The molecule has 0 spiro atoms. The minimum atomic E-state index is -1.09. The number of carbonyl (C=O) groups is 1. The van der Waals surface area contributed by atoms with Gasteiger partial charge in [-0.3, -0.25) is 14.8 Å². The topological polar surface area (TPSA) is 103 Å². The fourth-order valence-electron chi connectivity index (χ4n) is 5.04. The summed E-state index contributed by atoms with van der Waals surface area (Å²) in [7, 11) is 3.24. The maximum Gasteiger partial charge on any atom is 0.253 e. The van der Waals surface area contributed by atoms with E-state index in [1.54, 1.807) is 39.5 Å². The van der Waals surface area contributed by atoms with Crippen LogP contribution in [0, 0.1) is 0 Å². The van der Waals surface area contributed by atoms with Gasteiger partial charge >= 0.3 is 0 Å². The zero-order valence-electron chi connectivity index (χ0n) is 24.9. The number of aliphatic hydroxyl groups is 1. The maximum atomic E-state index is 13.3. The van der Waals surface area contributed by atoms with Gasteiger partial charge < -0.3 is 24.6 Å². The van der Waals surface area contributed by atoms with Crippen molar-refractivity contribution in [2.45, 2.75) is 24.7 Å². The summed E-state index contributed by atoms with van der Waals surface area (Å²) in [5.41, 5.74) is 3.20. The smallest absolute Gasteiger partial charge is 0.253 e. The van der Waals surface area contributed by atoms with Crippen molar-refractivity contribution in [1.82, 2.24) is 15.3 Å². The molecule has 44 heavy (non-hydrogen) atoms. The Kier molecular flexibility index (Phi) is 9.64. The summed E-state index contributed by atoms with van der Waals surface area (Å²) in [4.78, 5) is 22.0. The van der Waals surface area contributed by atoms with Crippen LogP contribution in [0.3, 0.4) is 0 Å². The van der Waals surface area contributed by atoms with Crippen LogP contribution in [0.1, 0.15) is 34.0 Å². The van der Waals surface area contributed by atoms with Gasteiger partial charge in [-0.25, -0.2) is 0 Å². The summed E-state index contributed by atoms with van der Waals surface area (Å²) < 4.78 is 17.7. The number of aromatic nitrogens is 2. The van der Waals surface area contributed by atoms with Crippen LogP contribution in [-0.2, 0) is 10.3 Å². The third-order valence-electron chi connectivity index (χ3n) is 7.50. The van der Waals surface area contributed by atoms with Gasteiger partial charge in [-0.1, -0.05) is 60.7 Å². The van der Waals surface area contributed by atoms with Crippen LogP contribution in [0.4, 0.5) is 0 Å². The number of amides is 1. The Hall–Kier alpha value is -5.05. The Bertz CT molecular complexity index is 1580. The van der Waals surface area contributed by atoms with Crippen molar-refractivity contribution in [2.24, 2.45) is 0 Å². The fraction of sp³-hybridized carbons (Fsp3) is 0.194. The number of nitrogens with zero attached hydrogens (tertiary/aromatic N) is 2. The number of hydrogen-bond donors (Lipinski definition) is 2. The molecule has 2 atom stereocenters. The third kappa shape index (κ3) is 6.62. The van der Waals surface area contributed by atoms with Crippen molar-refractivity contribution in [1.29, 1.82) is 0 Å². The molecule has 5 aromatic rings. The lowest BCUT2D eigenvalue weighted by molar-refractivity contribution is -0.0197. The molecule has 8 nitrogen and oxygen atoms in total. The predicted molar refractivity (Wildman–Crippen MR) is 169 cm³/mol. The molecule has 0 saturated carbocycles. The highest BCUT2D eigenvalue weighted by Gasteiger charge is 2.39. The van der Waals surface area contributed by atoms with Gasteiger partial charge in [0.1, 0.15) is 17.1 Å². The molecule has 0 aliphatic rings. The fourth-order valence-corrected chi connectivity index (χ4v) is 5.04. The van der Waals surface area contributed by atoms with Gasteiger partial charge in [-0.15, -0.1) is 0 Å². The van der Waals surface area contributed by atoms with Gasteiger partial charge in [0.2, 0.25) is 0 Å². The normalized spacial score (nSPS) is 12.6. The van der Waals surface area contributed by atoms with E-state index in [1.807, 2.05) is 97.1 Å². The average molecular weight is 590 g/mol. The number of benzene rings is 3. The van der Waals surface area contributed by atoms with Crippen LogP contribution in [-0.4, -0.2) is 54.0 Å². The van der Waals surface area contributed by atoms with Crippen molar-refractivity contribution >= 4 is 5.91 Å². The largest absolute Gasteiger partial charge is 0.497 e. The van der Waals surface area contributed by atoms with E-state index < -0.39 is 17.7 Å². The van der Waals surface area contributed by atoms with Crippen LogP contribution in [0.5, 0.6) is 11.5 Å². The number of aliphatic hydroxyl groups excluding tert-OH is 1. The number of methoxy groups -OCH3 is 2. The van der Waals surface area contributed by atoms with Crippen molar-refractivity contribution in [3.05, 3.63) is 144 Å². The predicted octanol–water partition coefficient (Wildman–Crippen LogP) is 5.65. The number of ether oxygens (including phenoxy) is 3. The van der Waals surface area contributed by atoms with Gasteiger partial charge in [-0.2, -0.15) is 0 Å². The summed E-state index contributed by atoms with van der Waals surface area (Å²) in [5, 5.41) is 13.7. The highest BCUT2D eigenvalue weighted by Crippen LogP contribution is 2.41. The molecule has 0 bridgehead atoms. The summed E-state index contributed by atoms with van der Waals surface area (Å²) >= 11 is 0. The Morgan fingerprint density at radius 2 is 1.32 bits per heavy atom. The van der Waals surface area contributed by atoms with Gasteiger partial charge in [0, 0.05) is 12.4 Å². The van der Waals surface area contributed by atoms with E-state index in [9.17, 15) is 9.90 Å². The highest BCUT2D eigenvalue weighted by molar-refractivity contribution is 5.94. The SMILES string of the molecule is COc1ccc(C(OC[C@H](NC(=O)c2ccc(-c3ccccn3)nc2)[C@H](C)O)(c2ccccc2)c2ccc(OC)cc2)cc1. The molecule has 224 valence electrons. The van der Waals surface area contributed by atoms with E-state index in [1.165, 1.54) is 6.20 Å².